The van der Waals surface area contributed by atoms with Crippen molar-refractivity contribution in [1.29, 1.82) is 0 Å². The Labute approximate surface area is 164 Å². The Morgan fingerprint density at radius 3 is 2.57 bits per heavy atom. The van der Waals surface area contributed by atoms with E-state index in [9.17, 15) is 19.7 Å². The fourth-order valence-corrected chi connectivity index (χ4v) is 3.53. The van der Waals surface area contributed by atoms with Crippen molar-refractivity contribution >= 4 is 23.3 Å². The lowest BCUT2D eigenvalue weighted by Crippen LogP contribution is -2.30. The number of hydrogen-bond donors (Lipinski definition) is 1. The molecule has 8 nitrogen and oxygen atoms in total. The van der Waals surface area contributed by atoms with E-state index in [2.05, 4.69) is 5.32 Å². The fraction of sp³-hybridized carbons (Fsp3) is 0.600. The van der Waals surface area contributed by atoms with Gasteiger partial charge in [0.05, 0.1) is 23.5 Å². The first-order valence-corrected chi connectivity index (χ1v) is 9.53. The Hall–Kier alpha value is -2.64. The van der Waals surface area contributed by atoms with Crippen molar-refractivity contribution in [2.75, 3.05) is 11.9 Å². The van der Waals surface area contributed by atoms with Gasteiger partial charge in [-0.05, 0) is 46.6 Å². The molecule has 0 aromatic heterocycles. The predicted octanol–water partition coefficient (Wildman–Crippen LogP) is 3.94. The molecule has 2 rings (SSSR count). The molecule has 1 aliphatic rings. The van der Waals surface area contributed by atoms with Gasteiger partial charge in [-0.15, -0.1) is 0 Å². The minimum absolute atomic E-state index is 0.0258. The average Bonchev–Trinajstić information content (AvgIpc) is 2.90. The van der Waals surface area contributed by atoms with Crippen LogP contribution < -0.4 is 5.32 Å². The molecule has 1 heterocycles. The molecule has 0 fully saturated rings. The van der Waals surface area contributed by atoms with Crippen LogP contribution in [0.25, 0.3) is 0 Å². The minimum Gasteiger partial charge on any atom is -0.466 e. The summed E-state index contributed by atoms with van der Waals surface area (Å²) in [5, 5.41) is 14.7. The topological polar surface area (TPSA) is 108 Å². The molecule has 28 heavy (non-hydrogen) atoms. The van der Waals surface area contributed by atoms with E-state index in [1.54, 1.807) is 39.8 Å². The molecule has 154 valence electrons. The van der Waals surface area contributed by atoms with Crippen LogP contribution >= 0.6 is 0 Å². The number of carbonyl (C=O) groups excluding carboxylic acids is 2. The normalized spacial score (nSPS) is 18.1. The molecular weight excluding hydrogens is 364 g/mol. The second-order valence-corrected chi connectivity index (χ2v) is 7.84. The van der Waals surface area contributed by atoms with Crippen molar-refractivity contribution in [3.05, 3.63) is 33.9 Å². The fourth-order valence-electron chi connectivity index (χ4n) is 3.53. The number of rotatable bonds is 8. The van der Waals surface area contributed by atoms with Crippen LogP contribution in [0.1, 0.15) is 64.9 Å². The number of esters is 2. The molecule has 0 amide bonds. The summed E-state index contributed by atoms with van der Waals surface area (Å²) in [6, 6.07) is 4.54. The summed E-state index contributed by atoms with van der Waals surface area (Å²) in [6.45, 7) is 7.45. The maximum absolute atomic E-state index is 12.3. The van der Waals surface area contributed by atoms with E-state index in [1.807, 2.05) is 0 Å². The van der Waals surface area contributed by atoms with Crippen LogP contribution in [0.3, 0.4) is 0 Å². The quantitative estimate of drug-likeness (QED) is 0.405. The second kappa shape index (κ2) is 9.03. The zero-order valence-corrected chi connectivity index (χ0v) is 16.8. The van der Waals surface area contributed by atoms with Gasteiger partial charge in [-0.25, -0.2) is 0 Å². The number of benzene rings is 1. The first-order chi connectivity index (χ1) is 13.1. The van der Waals surface area contributed by atoms with Crippen molar-refractivity contribution in [2.45, 2.75) is 70.9 Å². The van der Waals surface area contributed by atoms with E-state index in [4.69, 9.17) is 9.47 Å². The molecule has 2 atom stereocenters. The van der Waals surface area contributed by atoms with Gasteiger partial charge in [0.15, 0.2) is 0 Å². The first-order valence-electron chi connectivity index (χ1n) is 9.53. The molecule has 1 N–H and O–H groups in total. The van der Waals surface area contributed by atoms with Gasteiger partial charge in [0, 0.05) is 30.1 Å². The van der Waals surface area contributed by atoms with Gasteiger partial charge >= 0.3 is 11.9 Å². The van der Waals surface area contributed by atoms with E-state index in [1.165, 1.54) is 6.07 Å². The second-order valence-electron chi connectivity index (χ2n) is 7.84. The van der Waals surface area contributed by atoms with Crippen LogP contribution in [0.5, 0.6) is 0 Å². The van der Waals surface area contributed by atoms with E-state index >= 15 is 0 Å². The molecule has 2 unspecified atom stereocenters. The zero-order valence-electron chi connectivity index (χ0n) is 16.8. The molecule has 0 radical (unpaired) electrons. The molecular formula is C20H28N2O6. The summed E-state index contributed by atoms with van der Waals surface area (Å²) in [5.41, 5.74) is 0.667. The third kappa shape index (κ3) is 5.68. The Morgan fingerprint density at radius 1 is 1.25 bits per heavy atom. The van der Waals surface area contributed by atoms with Gasteiger partial charge in [0.1, 0.15) is 5.60 Å². The molecule has 0 aliphatic carbocycles. The Kier molecular flexibility index (Phi) is 6.99. The lowest BCUT2D eigenvalue weighted by molar-refractivity contribution is -0.385. The molecule has 0 bridgehead atoms. The summed E-state index contributed by atoms with van der Waals surface area (Å²) >= 11 is 0. The van der Waals surface area contributed by atoms with Gasteiger partial charge in [-0.1, -0.05) is 6.07 Å². The van der Waals surface area contributed by atoms with E-state index in [-0.39, 0.29) is 42.4 Å². The van der Waals surface area contributed by atoms with Gasteiger partial charge in [0.2, 0.25) is 0 Å². The van der Waals surface area contributed by atoms with Gasteiger partial charge in [-0.3, -0.25) is 19.7 Å². The van der Waals surface area contributed by atoms with Gasteiger partial charge in [0.25, 0.3) is 5.69 Å². The lowest BCUT2D eigenvalue weighted by atomic mass is 9.87. The summed E-state index contributed by atoms with van der Waals surface area (Å²) in [6.07, 6.45) is 1.37. The van der Waals surface area contributed by atoms with Crippen LogP contribution in [0, 0.1) is 10.1 Å². The lowest BCUT2D eigenvalue weighted by Gasteiger charge is -2.23. The highest BCUT2D eigenvalue weighted by atomic mass is 16.6. The molecule has 1 aromatic carbocycles. The van der Waals surface area contributed by atoms with E-state index in [0.717, 1.165) is 0 Å². The minimum atomic E-state index is -0.603. The van der Waals surface area contributed by atoms with Crippen molar-refractivity contribution in [2.24, 2.45) is 0 Å². The van der Waals surface area contributed by atoms with Gasteiger partial charge in [-0.2, -0.15) is 0 Å². The van der Waals surface area contributed by atoms with Crippen LogP contribution in [0.15, 0.2) is 18.2 Å². The molecule has 0 spiro atoms. The van der Waals surface area contributed by atoms with E-state index < -0.39 is 10.5 Å². The van der Waals surface area contributed by atoms with Crippen LogP contribution in [0.2, 0.25) is 0 Å². The Morgan fingerprint density at radius 2 is 1.96 bits per heavy atom. The summed E-state index contributed by atoms with van der Waals surface area (Å²) < 4.78 is 10.4. The van der Waals surface area contributed by atoms with Crippen LogP contribution in [-0.2, 0) is 19.1 Å². The van der Waals surface area contributed by atoms with Crippen molar-refractivity contribution in [3.63, 3.8) is 0 Å². The maximum atomic E-state index is 12.3. The van der Waals surface area contributed by atoms with Gasteiger partial charge < -0.3 is 14.8 Å². The molecule has 1 aliphatic heterocycles. The SMILES string of the molecule is CCOC(=O)CCCC1c2c(cccc2[N+](=O)[O-])NC1CC(=O)OC(C)(C)C. The van der Waals surface area contributed by atoms with Crippen LogP contribution in [0.4, 0.5) is 11.4 Å². The van der Waals surface area contributed by atoms with E-state index in [0.29, 0.717) is 30.7 Å². The Bertz CT molecular complexity index is 741. The highest BCUT2D eigenvalue weighted by molar-refractivity contribution is 5.75. The monoisotopic (exact) mass is 392 g/mol. The predicted molar refractivity (Wildman–Crippen MR) is 104 cm³/mol. The number of nitrogens with one attached hydrogen (secondary N) is 1. The number of hydrogen-bond acceptors (Lipinski definition) is 7. The number of anilines is 1. The standard InChI is InChI=1S/C20H28N2O6/c1-5-27-17(23)11-6-8-13-15(12-18(24)28-20(2,3)4)21-14-9-7-10-16(19(13)14)22(25)26/h7,9-10,13,15,21H,5-6,8,11-12H2,1-4H3. The molecule has 8 heteroatoms. The van der Waals surface area contributed by atoms with Crippen LogP contribution in [-0.4, -0.2) is 35.1 Å². The largest absolute Gasteiger partial charge is 0.466 e. The number of carbonyl (C=O) groups is 2. The summed E-state index contributed by atoms with van der Waals surface area (Å²) in [7, 11) is 0. The molecule has 1 aromatic rings. The highest BCUT2D eigenvalue weighted by Crippen LogP contribution is 2.45. The van der Waals surface area contributed by atoms with Crippen molar-refractivity contribution in [3.8, 4) is 0 Å². The molecule has 0 saturated heterocycles. The first kappa shape index (κ1) is 21.7. The highest BCUT2D eigenvalue weighted by Gasteiger charge is 2.39. The third-order valence-corrected chi connectivity index (χ3v) is 4.49. The molecule has 0 saturated carbocycles. The number of fused-ring (bicyclic) bond motifs is 1. The number of nitrogens with zero attached hydrogens (tertiary/aromatic N) is 1. The summed E-state index contributed by atoms with van der Waals surface area (Å²) in [5.74, 6) is -0.922. The average molecular weight is 392 g/mol. The van der Waals surface area contributed by atoms with Crippen molar-refractivity contribution < 1.29 is 24.0 Å². The zero-order chi connectivity index (χ0) is 20.9. The number of ether oxygens (including phenoxy) is 2. The van der Waals surface area contributed by atoms with Crippen molar-refractivity contribution in [1.82, 2.24) is 0 Å². The number of nitro benzene ring substituents is 1. The number of nitro groups is 1. The third-order valence-electron chi connectivity index (χ3n) is 4.49. The maximum Gasteiger partial charge on any atom is 0.308 e. The summed E-state index contributed by atoms with van der Waals surface area (Å²) in [4.78, 5) is 35.1. The Balaban J connectivity index is 2.19. The smallest absolute Gasteiger partial charge is 0.308 e.